The van der Waals surface area contributed by atoms with Crippen LogP contribution in [0.4, 0.5) is 0 Å². The Morgan fingerprint density at radius 2 is 2.18 bits per heavy atom. The van der Waals surface area contributed by atoms with Crippen LogP contribution in [0.2, 0.25) is 0 Å². The fourth-order valence-electron chi connectivity index (χ4n) is 5.09. The van der Waals surface area contributed by atoms with E-state index in [9.17, 15) is 9.90 Å². The first-order valence-corrected chi connectivity index (χ1v) is 8.99. The molecule has 0 aromatic rings. The van der Waals surface area contributed by atoms with E-state index >= 15 is 0 Å². The molecule has 3 rings (SSSR count). The maximum Gasteiger partial charge on any atom is 0.237 e. The minimum absolute atomic E-state index is 0.0409. The molecular weight excluding hydrogens is 278 g/mol. The molecular formula is C17H31N3O2. The standard InChI is InChI=1S/C17H31N3O2/c1-2-12-6-13-7-14(21)10-17(8-12,9-13)19-11-16(22)20-5-3-4-15(20)18/h12-15,19,21H,2-11,18H2,1H3/t12?,13?,14?,15-,17?/m0/s1. The SMILES string of the molecule is CCC1CC2CC(O)CC(NCC(=O)N3CCC[C@H]3N)(C1)C2. The summed E-state index contributed by atoms with van der Waals surface area (Å²) in [5.74, 6) is 1.46. The van der Waals surface area contributed by atoms with E-state index in [-0.39, 0.29) is 23.7 Å². The number of carbonyl (C=O) groups excluding carboxylic acids is 1. The van der Waals surface area contributed by atoms with Crippen LogP contribution < -0.4 is 11.1 Å². The van der Waals surface area contributed by atoms with E-state index in [1.807, 2.05) is 0 Å². The second kappa shape index (κ2) is 6.46. The highest BCUT2D eigenvalue weighted by Gasteiger charge is 2.45. The monoisotopic (exact) mass is 309 g/mol. The number of fused-ring (bicyclic) bond motifs is 2. The van der Waals surface area contributed by atoms with Gasteiger partial charge in [-0.3, -0.25) is 4.79 Å². The van der Waals surface area contributed by atoms with Gasteiger partial charge in [0.2, 0.25) is 5.91 Å². The van der Waals surface area contributed by atoms with Gasteiger partial charge in [0.1, 0.15) is 0 Å². The summed E-state index contributed by atoms with van der Waals surface area (Å²) in [5, 5.41) is 13.8. The molecule has 2 bridgehead atoms. The third-order valence-electron chi connectivity index (χ3n) is 6.07. The minimum Gasteiger partial charge on any atom is -0.393 e. The van der Waals surface area contributed by atoms with E-state index < -0.39 is 0 Å². The van der Waals surface area contributed by atoms with Crippen molar-refractivity contribution in [2.75, 3.05) is 13.1 Å². The summed E-state index contributed by atoms with van der Waals surface area (Å²) < 4.78 is 0. The normalized spacial score (nSPS) is 41.7. The number of amides is 1. The number of nitrogens with two attached hydrogens (primary N) is 1. The van der Waals surface area contributed by atoms with Crippen LogP contribution in [0.3, 0.4) is 0 Å². The third kappa shape index (κ3) is 3.31. The number of carbonyl (C=O) groups is 1. The van der Waals surface area contributed by atoms with Crippen LogP contribution in [0, 0.1) is 11.8 Å². The predicted molar refractivity (Wildman–Crippen MR) is 86.0 cm³/mol. The molecule has 1 amide bonds. The van der Waals surface area contributed by atoms with Crippen molar-refractivity contribution >= 4 is 5.91 Å². The minimum atomic E-state index is -0.215. The lowest BCUT2D eigenvalue weighted by atomic mass is 9.62. The Balaban J connectivity index is 1.62. The number of hydrogen-bond donors (Lipinski definition) is 3. The number of nitrogens with one attached hydrogen (secondary N) is 1. The highest BCUT2D eigenvalue weighted by atomic mass is 16.3. The summed E-state index contributed by atoms with van der Waals surface area (Å²) in [4.78, 5) is 14.2. The van der Waals surface area contributed by atoms with E-state index in [4.69, 9.17) is 5.73 Å². The molecule has 0 spiro atoms. The van der Waals surface area contributed by atoms with Crippen LogP contribution in [-0.2, 0) is 4.79 Å². The lowest BCUT2D eigenvalue weighted by Gasteiger charge is -2.50. The molecule has 0 radical (unpaired) electrons. The lowest BCUT2D eigenvalue weighted by molar-refractivity contribution is -0.132. The molecule has 126 valence electrons. The van der Waals surface area contributed by atoms with Crippen molar-refractivity contribution in [1.29, 1.82) is 0 Å². The Kier molecular flexibility index (Phi) is 4.76. The van der Waals surface area contributed by atoms with Gasteiger partial charge in [-0.25, -0.2) is 0 Å². The molecule has 1 heterocycles. The van der Waals surface area contributed by atoms with Gasteiger partial charge >= 0.3 is 0 Å². The molecule has 4 unspecified atom stereocenters. The summed E-state index contributed by atoms with van der Waals surface area (Å²) in [7, 11) is 0. The molecule has 5 heteroatoms. The van der Waals surface area contributed by atoms with Crippen molar-refractivity contribution in [2.45, 2.75) is 76.1 Å². The Hall–Kier alpha value is -0.650. The first-order valence-electron chi connectivity index (χ1n) is 8.99. The number of rotatable bonds is 4. The summed E-state index contributed by atoms with van der Waals surface area (Å²) in [6.07, 6.45) is 7.97. The highest BCUT2D eigenvalue weighted by molar-refractivity contribution is 5.78. The maximum atomic E-state index is 12.4. The summed E-state index contributed by atoms with van der Waals surface area (Å²) in [5.41, 5.74) is 5.95. The third-order valence-corrected chi connectivity index (χ3v) is 6.07. The molecule has 3 fully saturated rings. The molecule has 3 aliphatic rings. The van der Waals surface area contributed by atoms with Crippen molar-refractivity contribution in [1.82, 2.24) is 10.2 Å². The molecule has 4 N–H and O–H groups in total. The maximum absolute atomic E-state index is 12.4. The first-order chi connectivity index (χ1) is 10.5. The fourth-order valence-corrected chi connectivity index (χ4v) is 5.09. The van der Waals surface area contributed by atoms with Crippen molar-refractivity contribution in [3.63, 3.8) is 0 Å². The smallest absolute Gasteiger partial charge is 0.237 e. The molecule has 0 aromatic heterocycles. The number of likely N-dealkylation sites (tertiary alicyclic amines) is 1. The van der Waals surface area contributed by atoms with Crippen molar-refractivity contribution in [2.24, 2.45) is 17.6 Å². The Labute approximate surface area is 133 Å². The Morgan fingerprint density at radius 1 is 1.36 bits per heavy atom. The van der Waals surface area contributed by atoms with E-state index in [1.165, 1.54) is 12.8 Å². The van der Waals surface area contributed by atoms with E-state index in [2.05, 4.69) is 12.2 Å². The van der Waals surface area contributed by atoms with Crippen LogP contribution >= 0.6 is 0 Å². The Bertz CT molecular complexity index is 413. The average molecular weight is 309 g/mol. The van der Waals surface area contributed by atoms with Crippen LogP contribution in [-0.4, -0.2) is 46.8 Å². The molecule has 0 aromatic carbocycles. The predicted octanol–water partition coefficient (Wildman–Crippen LogP) is 1.20. The van der Waals surface area contributed by atoms with Gasteiger partial charge in [0.05, 0.1) is 18.8 Å². The topological polar surface area (TPSA) is 78.6 Å². The zero-order valence-corrected chi connectivity index (χ0v) is 13.8. The quantitative estimate of drug-likeness (QED) is 0.729. The molecule has 5 atom stereocenters. The van der Waals surface area contributed by atoms with Gasteiger partial charge in [-0.05, 0) is 56.8 Å². The molecule has 2 saturated carbocycles. The number of aliphatic hydroxyl groups excluding tert-OH is 1. The molecule has 1 saturated heterocycles. The van der Waals surface area contributed by atoms with Gasteiger partial charge in [0, 0.05) is 12.1 Å². The highest BCUT2D eigenvalue weighted by Crippen LogP contribution is 2.46. The van der Waals surface area contributed by atoms with Gasteiger partial charge in [0.15, 0.2) is 0 Å². The largest absolute Gasteiger partial charge is 0.393 e. The zero-order valence-electron chi connectivity index (χ0n) is 13.8. The fraction of sp³-hybridized carbons (Fsp3) is 0.941. The van der Waals surface area contributed by atoms with Crippen molar-refractivity contribution < 1.29 is 9.90 Å². The van der Waals surface area contributed by atoms with E-state index in [1.54, 1.807) is 4.90 Å². The molecule has 1 aliphatic heterocycles. The second-order valence-electron chi connectivity index (χ2n) is 7.81. The van der Waals surface area contributed by atoms with E-state index in [0.29, 0.717) is 12.5 Å². The van der Waals surface area contributed by atoms with Gasteiger partial charge in [-0.2, -0.15) is 0 Å². The van der Waals surface area contributed by atoms with Gasteiger partial charge in [-0.1, -0.05) is 13.3 Å². The number of aliphatic hydroxyl groups is 1. The van der Waals surface area contributed by atoms with Gasteiger partial charge in [0.25, 0.3) is 0 Å². The van der Waals surface area contributed by atoms with Crippen LogP contribution in [0.1, 0.15) is 58.3 Å². The first kappa shape index (κ1) is 16.2. The summed E-state index contributed by atoms with van der Waals surface area (Å²) >= 11 is 0. The molecule has 22 heavy (non-hydrogen) atoms. The van der Waals surface area contributed by atoms with Gasteiger partial charge < -0.3 is 21.1 Å². The number of hydrogen-bond acceptors (Lipinski definition) is 4. The average Bonchev–Trinajstić information content (AvgIpc) is 2.89. The summed E-state index contributed by atoms with van der Waals surface area (Å²) in [6, 6.07) is 0. The van der Waals surface area contributed by atoms with Gasteiger partial charge in [-0.15, -0.1) is 0 Å². The van der Waals surface area contributed by atoms with Crippen LogP contribution in [0.25, 0.3) is 0 Å². The summed E-state index contributed by atoms with van der Waals surface area (Å²) in [6.45, 7) is 3.41. The van der Waals surface area contributed by atoms with Crippen LogP contribution in [0.15, 0.2) is 0 Å². The zero-order chi connectivity index (χ0) is 15.7. The van der Waals surface area contributed by atoms with Crippen molar-refractivity contribution in [3.8, 4) is 0 Å². The lowest BCUT2D eigenvalue weighted by Crippen LogP contribution is -2.58. The number of nitrogens with zero attached hydrogens (tertiary/aromatic N) is 1. The molecule has 2 aliphatic carbocycles. The van der Waals surface area contributed by atoms with Crippen molar-refractivity contribution in [3.05, 3.63) is 0 Å². The molecule has 5 nitrogen and oxygen atoms in total. The van der Waals surface area contributed by atoms with E-state index in [0.717, 1.165) is 51.0 Å². The second-order valence-corrected chi connectivity index (χ2v) is 7.81. The van der Waals surface area contributed by atoms with Crippen LogP contribution in [0.5, 0.6) is 0 Å². The Morgan fingerprint density at radius 3 is 2.86 bits per heavy atom.